The van der Waals surface area contributed by atoms with Gasteiger partial charge in [-0.3, -0.25) is 14.4 Å². The Labute approximate surface area is 143 Å². The molecule has 0 radical (unpaired) electrons. The van der Waals surface area contributed by atoms with E-state index >= 15 is 0 Å². The lowest BCUT2D eigenvalue weighted by molar-refractivity contribution is -0.0756. The maximum atomic E-state index is 12.9. The average molecular weight is 373 g/mol. The van der Waals surface area contributed by atoms with E-state index in [1.165, 1.54) is 32.4 Å². The molecule has 0 atom stereocenters. The average Bonchev–Trinajstić information content (AvgIpc) is 2.55. The van der Waals surface area contributed by atoms with Gasteiger partial charge in [-0.15, -0.1) is 0 Å². The molecule has 1 N–H and O–H groups in total. The number of nitrogens with one attached hydrogen (secondary N) is 1. The van der Waals surface area contributed by atoms with Gasteiger partial charge in [-0.1, -0.05) is 11.6 Å². The standard InChI is InChI=1S/C15H14ClFN2O4S/c1-19(23-2)15(20)10-3-8-13(16)14(9-10)18-24(21,22)12-6-4-11(17)5-7-12/h3-9,18H,1-2H3. The fraction of sp³-hybridized carbons (Fsp3) is 0.133. The fourth-order valence-electron chi connectivity index (χ4n) is 1.82. The molecule has 0 aliphatic rings. The minimum atomic E-state index is -3.98. The number of sulfonamides is 1. The number of anilines is 1. The predicted octanol–water partition coefficient (Wildman–Crippen LogP) is 2.91. The molecule has 0 spiro atoms. The normalized spacial score (nSPS) is 11.2. The number of hydrogen-bond acceptors (Lipinski definition) is 4. The number of rotatable bonds is 5. The maximum Gasteiger partial charge on any atom is 0.277 e. The Morgan fingerprint density at radius 1 is 1.21 bits per heavy atom. The Bertz CT molecular complexity index is 856. The highest BCUT2D eigenvalue weighted by Crippen LogP contribution is 2.26. The van der Waals surface area contributed by atoms with Crippen LogP contribution in [0.4, 0.5) is 10.1 Å². The summed E-state index contributed by atoms with van der Waals surface area (Å²) in [6.45, 7) is 0. The summed E-state index contributed by atoms with van der Waals surface area (Å²) in [5.41, 5.74) is 0.205. The van der Waals surface area contributed by atoms with Crippen molar-refractivity contribution in [1.82, 2.24) is 5.06 Å². The number of halogens is 2. The van der Waals surface area contributed by atoms with Crippen molar-refractivity contribution < 1.29 is 22.4 Å². The van der Waals surface area contributed by atoms with Gasteiger partial charge in [-0.2, -0.15) is 0 Å². The highest BCUT2D eigenvalue weighted by molar-refractivity contribution is 7.92. The maximum absolute atomic E-state index is 12.9. The summed E-state index contributed by atoms with van der Waals surface area (Å²) in [5.74, 6) is -1.03. The summed E-state index contributed by atoms with van der Waals surface area (Å²) in [4.78, 5) is 16.7. The lowest BCUT2D eigenvalue weighted by Gasteiger charge is -2.15. The number of nitrogens with zero attached hydrogens (tertiary/aromatic N) is 1. The van der Waals surface area contributed by atoms with Crippen molar-refractivity contribution in [3.8, 4) is 0 Å². The third kappa shape index (κ3) is 4.02. The molecule has 0 saturated carbocycles. The van der Waals surface area contributed by atoms with Crippen LogP contribution in [0.1, 0.15) is 10.4 Å². The molecule has 24 heavy (non-hydrogen) atoms. The van der Waals surface area contributed by atoms with Gasteiger partial charge < -0.3 is 0 Å². The summed E-state index contributed by atoms with van der Waals surface area (Å²) in [6.07, 6.45) is 0. The molecule has 1 amide bonds. The van der Waals surface area contributed by atoms with Crippen LogP contribution in [0.5, 0.6) is 0 Å². The van der Waals surface area contributed by atoms with Gasteiger partial charge in [-0.25, -0.2) is 17.9 Å². The molecule has 0 aromatic heterocycles. The molecule has 2 aromatic rings. The van der Waals surface area contributed by atoms with E-state index in [0.717, 1.165) is 29.3 Å². The van der Waals surface area contributed by atoms with Crippen molar-refractivity contribution in [2.75, 3.05) is 18.9 Å². The van der Waals surface area contributed by atoms with Crippen molar-refractivity contribution in [3.05, 3.63) is 58.9 Å². The van der Waals surface area contributed by atoms with E-state index in [1.807, 2.05) is 0 Å². The third-order valence-electron chi connectivity index (χ3n) is 3.14. The lowest BCUT2D eigenvalue weighted by atomic mass is 10.2. The molecule has 6 nitrogen and oxygen atoms in total. The van der Waals surface area contributed by atoms with Crippen molar-refractivity contribution in [2.24, 2.45) is 0 Å². The first-order valence-corrected chi connectivity index (χ1v) is 8.51. The molecule has 128 valence electrons. The summed E-state index contributed by atoms with van der Waals surface area (Å²) in [5, 5.41) is 1.10. The molecule has 0 unspecified atom stereocenters. The second-order valence-electron chi connectivity index (χ2n) is 4.74. The van der Waals surface area contributed by atoms with Crippen LogP contribution in [0, 0.1) is 5.82 Å². The van der Waals surface area contributed by atoms with Crippen LogP contribution in [0.2, 0.25) is 5.02 Å². The second-order valence-corrected chi connectivity index (χ2v) is 6.83. The molecule has 0 heterocycles. The monoisotopic (exact) mass is 372 g/mol. The second kappa shape index (κ2) is 7.16. The van der Waals surface area contributed by atoms with Gasteiger partial charge in [0.25, 0.3) is 15.9 Å². The zero-order valence-electron chi connectivity index (χ0n) is 12.8. The van der Waals surface area contributed by atoms with E-state index < -0.39 is 21.7 Å². The van der Waals surface area contributed by atoms with Crippen LogP contribution < -0.4 is 4.72 Å². The third-order valence-corrected chi connectivity index (χ3v) is 4.85. The molecule has 0 aliphatic carbocycles. The lowest BCUT2D eigenvalue weighted by Crippen LogP contribution is -2.25. The molecule has 0 saturated heterocycles. The van der Waals surface area contributed by atoms with Gasteiger partial charge in [-0.05, 0) is 42.5 Å². The van der Waals surface area contributed by atoms with Crippen LogP contribution >= 0.6 is 11.6 Å². The smallest absolute Gasteiger partial charge is 0.277 e. The van der Waals surface area contributed by atoms with Crippen molar-refractivity contribution in [1.29, 1.82) is 0 Å². The van der Waals surface area contributed by atoms with Gasteiger partial charge in [0.15, 0.2) is 0 Å². The van der Waals surface area contributed by atoms with E-state index in [-0.39, 0.29) is 21.2 Å². The number of hydrogen-bond donors (Lipinski definition) is 1. The molecule has 0 bridgehead atoms. The summed E-state index contributed by atoms with van der Waals surface area (Å²) in [6, 6.07) is 8.43. The molecule has 2 rings (SSSR count). The molecule has 0 aliphatic heterocycles. The van der Waals surface area contributed by atoms with Crippen molar-refractivity contribution >= 4 is 33.2 Å². The first kappa shape index (κ1) is 18.2. The van der Waals surface area contributed by atoms with E-state index in [2.05, 4.69) is 4.72 Å². The summed E-state index contributed by atoms with van der Waals surface area (Å²) >= 11 is 5.99. The van der Waals surface area contributed by atoms with Crippen LogP contribution in [-0.2, 0) is 14.9 Å². The first-order chi connectivity index (χ1) is 11.2. The largest absolute Gasteiger partial charge is 0.278 e. The minimum absolute atomic E-state index is 0.0244. The highest BCUT2D eigenvalue weighted by Gasteiger charge is 2.18. The molecule has 2 aromatic carbocycles. The zero-order valence-corrected chi connectivity index (χ0v) is 14.4. The predicted molar refractivity (Wildman–Crippen MR) is 87.8 cm³/mol. The van der Waals surface area contributed by atoms with E-state index in [1.54, 1.807) is 0 Å². The number of amides is 1. The number of carbonyl (C=O) groups excluding carboxylic acids is 1. The fourth-order valence-corrected chi connectivity index (χ4v) is 3.11. The van der Waals surface area contributed by atoms with Gasteiger partial charge in [0, 0.05) is 12.6 Å². The van der Waals surface area contributed by atoms with Crippen molar-refractivity contribution in [3.63, 3.8) is 0 Å². The Hall–Kier alpha value is -2.16. The molecule has 0 fully saturated rings. The topological polar surface area (TPSA) is 75.7 Å². The zero-order chi connectivity index (χ0) is 17.9. The number of benzene rings is 2. The molecule has 9 heteroatoms. The van der Waals surface area contributed by atoms with Gasteiger partial charge in [0.1, 0.15) is 5.82 Å². The Morgan fingerprint density at radius 3 is 2.42 bits per heavy atom. The number of carbonyl (C=O) groups is 1. The van der Waals surface area contributed by atoms with Crippen LogP contribution in [0.3, 0.4) is 0 Å². The van der Waals surface area contributed by atoms with Gasteiger partial charge in [0.05, 0.1) is 22.7 Å². The van der Waals surface area contributed by atoms with Gasteiger partial charge >= 0.3 is 0 Å². The summed E-state index contributed by atoms with van der Waals surface area (Å²) in [7, 11) is -1.24. The minimum Gasteiger partial charge on any atom is -0.278 e. The van der Waals surface area contributed by atoms with Gasteiger partial charge in [0.2, 0.25) is 0 Å². The van der Waals surface area contributed by atoms with E-state index in [9.17, 15) is 17.6 Å². The van der Waals surface area contributed by atoms with Crippen molar-refractivity contribution in [2.45, 2.75) is 4.90 Å². The van der Waals surface area contributed by atoms with E-state index in [4.69, 9.17) is 16.4 Å². The Balaban J connectivity index is 2.35. The summed E-state index contributed by atoms with van der Waals surface area (Å²) < 4.78 is 39.9. The Morgan fingerprint density at radius 2 is 1.83 bits per heavy atom. The Kier molecular flexibility index (Phi) is 5.43. The quantitative estimate of drug-likeness (QED) is 0.819. The van der Waals surface area contributed by atoms with Crippen LogP contribution in [0.15, 0.2) is 47.4 Å². The molecular formula is C15H14ClFN2O4S. The SMILES string of the molecule is CON(C)C(=O)c1ccc(Cl)c(NS(=O)(=O)c2ccc(F)cc2)c1. The highest BCUT2D eigenvalue weighted by atomic mass is 35.5. The number of hydroxylamine groups is 2. The first-order valence-electron chi connectivity index (χ1n) is 6.64. The van der Waals surface area contributed by atoms with Crippen LogP contribution in [-0.4, -0.2) is 33.5 Å². The van der Waals surface area contributed by atoms with Crippen LogP contribution in [0.25, 0.3) is 0 Å². The van der Waals surface area contributed by atoms with E-state index in [0.29, 0.717) is 0 Å². The molecular weight excluding hydrogens is 359 g/mol.